The van der Waals surface area contributed by atoms with Gasteiger partial charge in [-0.3, -0.25) is 4.90 Å². The van der Waals surface area contributed by atoms with Crippen LogP contribution in [0.4, 0.5) is 5.69 Å². The van der Waals surface area contributed by atoms with E-state index in [2.05, 4.69) is 55.1 Å². The fourth-order valence-corrected chi connectivity index (χ4v) is 3.42. The molecule has 2 aromatic carbocycles. The molecule has 0 spiro atoms. The predicted octanol–water partition coefficient (Wildman–Crippen LogP) is 4.09. The van der Waals surface area contributed by atoms with Crippen LogP contribution >= 0.6 is 0 Å². The van der Waals surface area contributed by atoms with Crippen molar-refractivity contribution in [1.29, 1.82) is 0 Å². The van der Waals surface area contributed by atoms with Crippen LogP contribution in [0.5, 0.6) is 0 Å². The number of fused-ring (bicyclic) bond motifs is 1. The van der Waals surface area contributed by atoms with E-state index in [9.17, 15) is 0 Å². The highest BCUT2D eigenvalue weighted by atomic mass is 15.2. The van der Waals surface area contributed by atoms with Crippen molar-refractivity contribution in [2.75, 3.05) is 12.3 Å². The van der Waals surface area contributed by atoms with Crippen LogP contribution in [0.1, 0.15) is 41.6 Å². The van der Waals surface area contributed by atoms with Gasteiger partial charge in [0.05, 0.1) is 0 Å². The van der Waals surface area contributed by atoms with Crippen LogP contribution in [-0.2, 0) is 13.0 Å². The van der Waals surface area contributed by atoms with Gasteiger partial charge in [-0.05, 0) is 42.5 Å². The lowest BCUT2D eigenvalue weighted by atomic mass is 9.94. The normalized spacial score (nSPS) is 16.5. The smallest absolute Gasteiger partial charge is 0.0350 e. The van der Waals surface area contributed by atoms with E-state index in [0.29, 0.717) is 6.04 Å². The molecular weight excluding hydrogens is 256 g/mol. The molecule has 3 rings (SSSR count). The Kier molecular flexibility index (Phi) is 3.98. The second-order valence-corrected chi connectivity index (χ2v) is 6.04. The summed E-state index contributed by atoms with van der Waals surface area (Å²) < 4.78 is 0. The summed E-state index contributed by atoms with van der Waals surface area (Å²) in [5.41, 5.74) is 12.6. The van der Waals surface area contributed by atoms with Gasteiger partial charge in [-0.2, -0.15) is 0 Å². The number of benzene rings is 2. The largest absolute Gasteiger partial charge is 0.398 e. The van der Waals surface area contributed by atoms with Gasteiger partial charge >= 0.3 is 0 Å². The van der Waals surface area contributed by atoms with Crippen molar-refractivity contribution < 1.29 is 0 Å². The lowest BCUT2D eigenvalue weighted by Gasteiger charge is -2.36. The zero-order chi connectivity index (χ0) is 14.8. The fourth-order valence-electron chi connectivity index (χ4n) is 3.42. The molecular formula is C19H24N2. The van der Waals surface area contributed by atoms with Crippen molar-refractivity contribution in [3.63, 3.8) is 0 Å². The first-order chi connectivity index (χ1) is 10.2. The Hall–Kier alpha value is -1.80. The highest BCUT2D eigenvalue weighted by Crippen LogP contribution is 2.31. The molecule has 0 fully saturated rings. The van der Waals surface area contributed by atoms with Crippen molar-refractivity contribution in [3.8, 4) is 0 Å². The summed E-state index contributed by atoms with van der Waals surface area (Å²) in [6, 6.07) is 15.8. The number of nitrogens with two attached hydrogens (primary N) is 1. The Morgan fingerprint density at radius 3 is 2.62 bits per heavy atom. The van der Waals surface area contributed by atoms with Gasteiger partial charge in [-0.15, -0.1) is 0 Å². The third-order valence-corrected chi connectivity index (χ3v) is 4.62. The molecule has 0 aromatic heterocycles. The number of aryl methyl sites for hydroxylation is 1. The van der Waals surface area contributed by atoms with Gasteiger partial charge in [0.15, 0.2) is 0 Å². The van der Waals surface area contributed by atoms with Gasteiger partial charge in [0, 0.05) is 24.8 Å². The van der Waals surface area contributed by atoms with Gasteiger partial charge in [0.1, 0.15) is 0 Å². The third-order valence-electron chi connectivity index (χ3n) is 4.62. The van der Waals surface area contributed by atoms with Crippen LogP contribution in [-0.4, -0.2) is 11.4 Å². The first kappa shape index (κ1) is 14.2. The standard InChI is InChI=1S/C19H24N2/c1-3-19(15-9-7-14(2)8-10-15)21-12-11-17-16(13-21)5-4-6-18(17)20/h4-10,19H,3,11-13,20H2,1-2H3. The Morgan fingerprint density at radius 1 is 1.14 bits per heavy atom. The molecule has 2 heteroatoms. The number of anilines is 1. The summed E-state index contributed by atoms with van der Waals surface area (Å²) in [5, 5.41) is 0. The molecule has 1 heterocycles. The molecule has 0 aliphatic carbocycles. The molecule has 0 amide bonds. The quantitative estimate of drug-likeness (QED) is 0.858. The highest BCUT2D eigenvalue weighted by Gasteiger charge is 2.24. The maximum absolute atomic E-state index is 6.10. The van der Waals surface area contributed by atoms with E-state index in [1.807, 2.05) is 6.07 Å². The molecule has 0 bridgehead atoms. The number of nitrogen functional groups attached to an aromatic ring is 1. The summed E-state index contributed by atoms with van der Waals surface area (Å²) in [5.74, 6) is 0. The molecule has 1 unspecified atom stereocenters. The number of hydrogen-bond acceptors (Lipinski definition) is 2. The molecule has 2 nitrogen and oxygen atoms in total. The maximum atomic E-state index is 6.10. The molecule has 2 N–H and O–H groups in total. The Morgan fingerprint density at radius 2 is 1.90 bits per heavy atom. The summed E-state index contributed by atoms with van der Waals surface area (Å²) in [4.78, 5) is 2.59. The van der Waals surface area contributed by atoms with Crippen LogP contribution in [0.3, 0.4) is 0 Å². The second-order valence-electron chi connectivity index (χ2n) is 6.04. The second kappa shape index (κ2) is 5.90. The molecule has 0 saturated carbocycles. The number of rotatable bonds is 3. The Labute approximate surface area is 127 Å². The van der Waals surface area contributed by atoms with Crippen LogP contribution in [0.2, 0.25) is 0 Å². The maximum Gasteiger partial charge on any atom is 0.0350 e. The van der Waals surface area contributed by atoms with E-state index in [1.165, 1.54) is 22.3 Å². The van der Waals surface area contributed by atoms with Crippen molar-refractivity contribution in [3.05, 3.63) is 64.7 Å². The molecule has 1 atom stereocenters. The monoisotopic (exact) mass is 280 g/mol. The van der Waals surface area contributed by atoms with Crippen molar-refractivity contribution >= 4 is 5.69 Å². The average molecular weight is 280 g/mol. The number of nitrogens with zero attached hydrogens (tertiary/aromatic N) is 1. The van der Waals surface area contributed by atoms with Crippen molar-refractivity contribution in [1.82, 2.24) is 4.90 Å². The van der Waals surface area contributed by atoms with Gasteiger partial charge in [-0.1, -0.05) is 48.9 Å². The van der Waals surface area contributed by atoms with Gasteiger partial charge in [-0.25, -0.2) is 0 Å². The zero-order valence-corrected chi connectivity index (χ0v) is 13.0. The molecule has 2 aromatic rings. The van der Waals surface area contributed by atoms with Gasteiger partial charge in [0.2, 0.25) is 0 Å². The topological polar surface area (TPSA) is 29.3 Å². The first-order valence-corrected chi connectivity index (χ1v) is 7.86. The van der Waals surface area contributed by atoms with E-state index in [-0.39, 0.29) is 0 Å². The van der Waals surface area contributed by atoms with Crippen LogP contribution < -0.4 is 5.73 Å². The van der Waals surface area contributed by atoms with E-state index in [4.69, 9.17) is 5.73 Å². The first-order valence-electron chi connectivity index (χ1n) is 7.86. The zero-order valence-electron chi connectivity index (χ0n) is 13.0. The van der Waals surface area contributed by atoms with Crippen LogP contribution in [0, 0.1) is 6.92 Å². The van der Waals surface area contributed by atoms with E-state index < -0.39 is 0 Å². The average Bonchev–Trinajstić information content (AvgIpc) is 2.50. The van der Waals surface area contributed by atoms with E-state index >= 15 is 0 Å². The van der Waals surface area contributed by atoms with Gasteiger partial charge in [0.25, 0.3) is 0 Å². The fraction of sp³-hybridized carbons (Fsp3) is 0.368. The minimum atomic E-state index is 0.500. The predicted molar refractivity (Wildman–Crippen MR) is 89.2 cm³/mol. The summed E-state index contributed by atoms with van der Waals surface area (Å²) in [7, 11) is 0. The third kappa shape index (κ3) is 2.81. The minimum absolute atomic E-state index is 0.500. The molecule has 110 valence electrons. The Bertz CT molecular complexity index is 616. The van der Waals surface area contributed by atoms with Crippen LogP contribution in [0.25, 0.3) is 0 Å². The molecule has 21 heavy (non-hydrogen) atoms. The molecule has 0 radical (unpaired) electrons. The lowest BCUT2D eigenvalue weighted by Crippen LogP contribution is -2.34. The minimum Gasteiger partial charge on any atom is -0.398 e. The van der Waals surface area contributed by atoms with Crippen molar-refractivity contribution in [2.24, 2.45) is 0 Å². The summed E-state index contributed by atoms with van der Waals surface area (Å²) in [6.45, 7) is 6.52. The van der Waals surface area contributed by atoms with E-state index in [1.54, 1.807) is 0 Å². The van der Waals surface area contributed by atoms with E-state index in [0.717, 1.165) is 31.6 Å². The molecule has 0 saturated heterocycles. The number of hydrogen-bond donors (Lipinski definition) is 1. The highest BCUT2D eigenvalue weighted by molar-refractivity contribution is 5.52. The molecule has 1 aliphatic rings. The summed E-state index contributed by atoms with van der Waals surface area (Å²) >= 11 is 0. The Balaban J connectivity index is 1.85. The lowest BCUT2D eigenvalue weighted by molar-refractivity contribution is 0.174. The van der Waals surface area contributed by atoms with Crippen LogP contribution in [0.15, 0.2) is 42.5 Å². The summed E-state index contributed by atoms with van der Waals surface area (Å²) in [6.07, 6.45) is 2.20. The van der Waals surface area contributed by atoms with Gasteiger partial charge < -0.3 is 5.73 Å². The van der Waals surface area contributed by atoms with Crippen molar-refractivity contribution in [2.45, 2.75) is 39.3 Å². The SMILES string of the molecule is CCC(c1ccc(C)cc1)N1CCc2c(N)cccc2C1. The molecule has 1 aliphatic heterocycles.